The van der Waals surface area contributed by atoms with Gasteiger partial charge in [-0.25, -0.2) is 12.8 Å². The third-order valence-electron chi connectivity index (χ3n) is 5.90. The number of nitrogens with zero attached hydrogens (tertiary/aromatic N) is 1. The van der Waals surface area contributed by atoms with Crippen LogP contribution in [0.2, 0.25) is 5.02 Å². The van der Waals surface area contributed by atoms with Gasteiger partial charge in [0.05, 0.1) is 10.6 Å². The molecule has 0 radical (unpaired) electrons. The van der Waals surface area contributed by atoms with Crippen molar-refractivity contribution in [3.63, 3.8) is 0 Å². The Morgan fingerprint density at radius 2 is 1.71 bits per heavy atom. The van der Waals surface area contributed by atoms with Gasteiger partial charge >= 0.3 is 0 Å². The molecule has 1 unspecified atom stereocenters. The first-order valence-electron chi connectivity index (χ1n) is 10.4. The molecule has 0 spiro atoms. The van der Waals surface area contributed by atoms with Gasteiger partial charge in [0.1, 0.15) is 5.82 Å². The van der Waals surface area contributed by atoms with Crippen LogP contribution in [0.4, 0.5) is 10.1 Å². The second-order valence-corrected chi connectivity index (χ2v) is 10.4. The molecule has 0 amide bonds. The van der Waals surface area contributed by atoms with E-state index in [0.29, 0.717) is 17.9 Å². The summed E-state index contributed by atoms with van der Waals surface area (Å²) in [6, 6.07) is 17.1. The van der Waals surface area contributed by atoms with Crippen molar-refractivity contribution in [1.29, 1.82) is 0 Å². The minimum Gasteiger partial charge on any atom is -0.263 e. The highest BCUT2D eigenvalue weighted by molar-refractivity contribution is 7.92. The largest absolute Gasteiger partial charge is 0.264 e. The van der Waals surface area contributed by atoms with E-state index in [-0.39, 0.29) is 16.8 Å². The first-order chi connectivity index (χ1) is 14.8. The molecule has 0 saturated carbocycles. The summed E-state index contributed by atoms with van der Waals surface area (Å²) in [5, 5.41) is 0.375. The van der Waals surface area contributed by atoms with Crippen LogP contribution in [0.1, 0.15) is 35.1 Å². The summed E-state index contributed by atoms with van der Waals surface area (Å²) < 4.78 is 42.5. The van der Waals surface area contributed by atoms with Crippen LogP contribution in [0.5, 0.6) is 0 Å². The van der Waals surface area contributed by atoms with Crippen molar-refractivity contribution in [1.82, 2.24) is 0 Å². The molecule has 31 heavy (non-hydrogen) atoms. The van der Waals surface area contributed by atoms with Crippen LogP contribution in [-0.4, -0.2) is 14.5 Å². The number of halogens is 2. The Kier molecular flexibility index (Phi) is 6.09. The predicted octanol–water partition coefficient (Wildman–Crippen LogP) is 6.24. The lowest BCUT2D eigenvalue weighted by atomic mass is 9.93. The fraction of sp³-hybridized carbons (Fsp3) is 0.280. The lowest BCUT2D eigenvalue weighted by Gasteiger charge is -2.38. The third-order valence-corrected chi connectivity index (χ3v) is 8.13. The van der Waals surface area contributed by atoms with Crippen molar-refractivity contribution in [3.8, 4) is 0 Å². The molecule has 1 atom stereocenters. The molecule has 0 fully saturated rings. The quantitative estimate of drug-likeness (QED) is 0.454. The molecule has 1 aliphatic heterocycles. The maximum Gasteiger partial charge on any atom is 0.264 e. The average molecular weight is 458 g/mol. The van der Waals surface area contributed by atoms with Gasteiger partial charge in [0, 0.05) is 11.1 Å². The second kappa shape index (κ2) is 8.64. The number of hydrogen-bond acceptors (Lipinski definition) is 2. The van der Waals surface area contributed by atoms with Crippen molar-refractivity contribution < 1.29 is 12.8 Å². The highest BCUT2D eigenvalue weighted by atomic mass is 35.5. The van der Waals surface area contributed by atoms with E-state index < -0.39 is 10.0 Å². The Morgan fingerprint density at radius 1 is 1.00 bits per heavy atom. The molecule has 0 bridgehead atoms. The fourth-order valence-corrected chi connectivity index (χ4v) is 6.19. The second-order valence-electron chi connectivity index (χ2n) is 8.21. The molecule has 6 heteroatoms. The van der Waals surface area contributed by atoms with Crippen LogP contribution in [0, 0.1) is 19.7 Å². The van der Waals surface area contributed by atoms with E-state index in [1.165, 1.54) is 12.1 Å². The van der Waals surface area contributed by atoms with E-state index in [2.05, 4.69) is 0 Å². The van der Waals surface area contributed by atoms with Gasteiger partial charge in [0.25, 0.3) is 10.0 Å². The molecule has 3 nitrogen and oxygen atoms in total. The van der Waals surface area contributed by atoms with Crippen LogP contribution in [-0.2, 0) is 22.9 Å². The molecule has 3 aromatic carbocycles. The number of anilines is 1. The lowest BCUT2D eigenvalue weighted by Crippen LogP contribution is -2.44. The Hall–Kier alpha value is -2.37. The van der Waals surface area contributed by atoms with Gasteiger partial charge in [-0.15, -0.1) is 0 Å². The summed E-state index contributed by atoms with van der Waals surface area (Å²) in [4.78, 5) is 0.289. The number of rotatable bonds is 5. The van der Waals surface area contributed by atoms with Crippen LogP contribution in [0.3, 0.4) is 0 Å². The van der Waals surface area contributed by atoms with E-state index >= 15 is 0 Å². The maximum absolute atomic E-state index is 13.8. The SMILES string of the molecule is Cc1ccc(S(=O)(=O)N2c3cc(C)ccc3CCC2CCc2ccc(F)cc2Cl)cc1. The van der Waals surface area contributed by atoms with Crippen molar-refractivity contribution in [2.45, 2.75) is 50.5 Å². The molecule has 3 aromatic rings. The van der Waals surface area contributed by atoms with E-state index in [1.807, 2.05) is 44.2 Å². The van der Waals surface area contributed by atoms with E-state index in [9.17, 15) is 12.8 Å². The van der Waals surface area contributed by atoms with E-state index in [0.717, 1.165) is 40.8 Å². The molecule has 0 aromatic heterocycles. The first-order valence-corrected chi connectivity index (χ1v) is 12.2. The number of hydrogen-bond donors (Lipinski definition) is 0. The molecule has 0 aliphatic carbocycles. The number of aryl methyl sites for hydroxylation is 4. The Morgan fingerprint density at radius 3 is 2.42 bits per heavy atom. The first kappa shape index (κ1) is 21.8. The van der Waals surface area contributed by atoms with Gasteiger partial charge in [0.2, 0.25) is 0 Å². The highest BCUT2D eigenvalue weighted by Crippen LogP contribution is 2.38. The molecular formula is C25H25ClFNO2S. The molecule has 0 saturated heterocycles. The summed E-state index contributed by atoms with van der Waals surface area (Å²) in [5.74, 6) is -0.376. The predicted molar refractivity (Wildman–Crippen MR) is 124 cm³/mol. The molecule has 162 valence electrons. The lowest BCUT2D eigenvalue weighted by molar-refractivity contribution is 0.523. The molecule has 1 aliphatic rings. The van der Waals surface area contributed by atoms with Gasteiger partial charge in [-0.3, -0.25) is 4.31 Å². The number of fused-ring (bicyclic) bond motifs is 1. The van der Waals surface area contributed by atoms with Gasteiger partial charge < -0.3 is 0 Å². The fourth-order valence-electron chi connectivity index (χ4n) is 4.18. The zero-order chi connectivity index (χ0) is 22.2. The normalized spacial score (nSPS) is 16.3. The minimum absolute atomic E-state index is 0.207. The van der Waals surface area contributed by atoms with Crippen molar-refractivity contribution in [2.24, 2.45) is 0 Å². The Balaban J connectivity index is 1.72. The monoisotopic (exact) mass is 457 g/mol. The van der Waals surface area contributed by atoms with Gasteiger partial charge in [-0.1, -0.05) is 47.5 Å². The summed E-state index contributed by atoms with van der Waals surface area (Å²) in [5.41, 5.74) is 4.64. The van der Waals surface area contributed by atoms with Crippen LogP contribution < -0.4 is 4.31 Å². The molecule has 1 heterocycles. The van der Waals surface area contributed by atoms with Crippen molar-refractivity contribution in [3.05, 3.63) is 93.8 Å². The van der Waals surface area contributed by atoms with Crippen LogP contribution in [0.15, 0.2) is 65.6 Å². The van der Waals surface area contributed by atoms with Gasteiger partial charge in [-0.05, 0) is 86.6 Å². The zero-order valence-corrected chi connectivity index (χ0v) is 19.2. The average Bonchev–Trinajstić information content (AvgIpc) is 2.72. The molecule has 4 rings (SSSR count). The van der Waals surface area contributed by atoms with Crippen molar-refractivity contribution >= 4 is 27.3 Å². The van der Waals surface area contributed by atoms with Gasteiger partial charge in [-0.2, -0.15) is 0 Å². The summed E-state index contributed by atoms with van der Waals surface area (Å²) in [7, 11) is -3.74. The van der Waals surface area contributed by atoms with Gasteiger partial charge in [0.15, 0.2) is 0 Å². The van der Waals surface area contributed by atoms with Crippen LogP contribution >= 0.6 is 11.6 Å². The Bertz CT molecular complexity index is 1210. The minimum atomic E-state index is -3.74. The summed E-state index contributed by atoms with van der Waals surface area (Å²) >= 11 is 6.21. The van der Waals surface area contributed by atoms with Crippen LogP contribution in [0.25, 0.3) is 0 Å². The molecule has 0 N–H and O–H groups in total. The van der Waals surface area contributed by atoms with E-state index in [4.69, 9.17) is 11.6 Å². The topological polar surface area (TPSA) is 37.4 Å². The molecular weight excluding hydrogens is 433 g/mol. The third kappa shape index (κ3) is 4.48. The standard InChI is InChI=1S/C25H25ClFNO2S/c1-17-4-13-23(14-5-17)31(29,30)28-22(11-8-19-7-10-21(27)16-24(19)26)12-9-20-6-3-18(2)15-25(20)28/h3-7,10,13-16,22H,8-9,11-12H2,1-2H3. The summed E-state index contributed by atoms with van der Waals surface area (Å²) in [6.45, 7) is 3.91. The van der Waals surface area contributed by atoms with Crippen molar-refractivity contribution in [2.75, 3.05) is 4.31 Å². The number of benzene rings is 3. The van der Waals surface area contributed by atoms with E-state index in [1.54, 1.807) is 22.5 Å². The highest BCUT2D eigenvalue weighted by Gasteiger charge is 2.36. The Labute approximate surface area is 188 Å². The number of sulfonamides is 1. The maximum atomic E-state index is 13.8. The summed E-state index contributed by atoms with van der Waals surface area (Å²) in [6.07, 6.45) is 2.71. The smallest absolute Gasteiger partial charge is 0.263 e. The zero-order valence-electron chi connectivity index (χ0n) is 17.6.